The van der Waals surface area contributed by atoms with Crippen molar-refractivity contribution < 1.29 is 27.4 Å². The van der Waals surface area contributed by atoms with Crippen molar-refractivity contribution in [2.75, 3.05) is 13.7 Å². The second-order valence-corrected chi connectivity index (χ2v) is 4.32. The Morgan fingerprint density at radius 1 is 1.25 bits per heavy atom. The lowest BCUT2D eigenvalue weighted by atomic mass is 9.85. The van der Waals surface area contributed by atoms with E-state index in [1.807, 2.05) is 0 Å². The lowest BCUT2D eigenvalue weighted by Crippen LogP contribution is -2.39. The number of alkyl halides is 3. The number of rotatable bonds is 1. The Morgan fingerprint density at radius 3 is 2.31 bits per heavy atom. The molecule has 6 heteroatoms. The predicted octanol–water partition coefficient (Wildman–Crippen LogP) is 2.45. The molecule has 16 heavy (non-hydrogen) atoms. The molecule has 94 valence electrons. The molecule has 0 aromatic heterocycles. The third kappa shape index (κ3) is 2.33. The number of halogens is 3. The van der Waals surface area contributed by atoms with Crippen LogP contribution < -0.4 is 0 Å². The summed E-state index contributed by atoms with van der Waals surface area (Å²) in [4.78, 5) is 0. The summed E-state index contributed by atoms with van der Waals surface area (Å²) in [6.45, 7) is 0.299. The Kier molecular flexibility index (Phi) is 3.16. The topological polar surface area (TPSA) is 27.7 Å². The van der Waals surface area contributed by atoms with Gasteiger partial charge in [0.2, 0.25) is 0 Å². The van der Waals surface area contributed by atoms with Crippen molar-refractivity contribution in [3.63, 3.8) is 0 Å². The molecule has 0 bridgehead atoms. The van der Waals surface area contributed by atoms with Crippen molar-refractivity contribution in [2.24, 2.45) is 5.92 Å². The summed E-state index contributed by atoms with van der Waals surface area (Å²) in [5.41, 5.74) is 0. The first-order valence-corrected chi connectivity index (χ1v) is 5.36. The van der Waals surface area contributed by atoms with E-state index >= 15 is 0 Å². The first-order chi connectivity index (χ1) is 7.45. The van der Waals surface area contributed by atoms with Gasteiger partial charge in [0.25, 0.3) is 0 Å². The smallest absolute Gasteiger partial charge is 0.353 e. The highest BCUT2D eigenvalue weighted by Crippen LogP contribution is 2.45. The second-order valence-electron chi connectivity index (χ2n) is 4.32. The van der Waals surface area contributed by atoms with E-state index in [0.717, 1.165) is 0 Å². The van der Waals surface area contributed by atoms with Gasteiger partial charge in [0, 0.05) is 20.0 Å². The van der Waals surface area contributed by atoms with Crippen LogP contribution in [0.2, 0.25) is 0 Å². The standard InChI is InChI=1S/C10H15F3O3/c1-14-8-6-15-9(16-8)4-2-7(3-5-9)10(11,12)13/h7-8H,2-6H2,1H3. The zero-order valence-corrected chi connectivity index (χ0v) is 9.05. The van der Waals surface area contributed by atoms with Crippen molar-refractivity contribution >= 4 is 0 Å². The van der Waals surface area contributed by atoms with Crippen LogP contribution in [-0.4, -0.2) is 32.0 Å². The molecule has 1 saturated carbocycles. The molecule has 1 spiro atoms. The predicted molar refractivity (Wildman–Crippen MR) is 48.6 cm³/mol. The van der Waals surface area contributed by atoms with Gasteiger partial charge in [-0.15, -0.1) is 0 Å². The highest BCUT2D eigenvalue weighted by atomic mass is 19.4. The van der Waals surface area contributed by atoms with Gasteiger partial charge in [-0.25, -0.2) is 0 Å². The summed E-state index contributed by atoms with van der Waals surface area (Å²) >= 11 is 0. The van der Waals surface area contributed by atoms with Gasteiger partial charge in [0.15, 0.2) is 12.1 Å². The van der Waals surface area contributed by atoms with Gasteiger partial charge >= 0.3 is 6.18 Å². The fraction of sp³-hybridized carbons (Fsp3) is 1.00. The van der Waals surface area contributed by atoms with Crippen LogP contribution in [0.15, 0.2) is 0 Å². The summed E-state index contributed by atoms with van der Waals surface area (Å²) in [6, 6.07) is 0. The van der Waals surface area contributed by atoms with Crippen LogP contribution in [0.25, 0.3) is 0 Å². The zero-order valence-electron chi connectivity index (χ0n) is 9.05. The Bertz CT molecular complexity index is 246. The lowest BCUT2D eigenvalue weighted by Gasteiger charge is -2.36. The van der Waals surface area contributed by atoms with Gasteiger partial charge in [-0.3, -0.25) is 0 Å². The number of hydrogen-bond acceptors (Lipinski definition) is 3. The third-order valence-electron chi connectivity index (χ3n) is 3.30. The summed E-state index contributed by atoms with van der Waals surface area (Å²) in [7, 11) is 1.49. The Labute approximate surface area is 91.8 Å². The first-order valence-electron chi connectivity index (χ1n) is 5.36. The van der Waals surface area contributed by atoms with E-state index in [2.05, 4.69) is 0 Å². The molecule has 1 saturated heterocycles. The normalized spacial score (nSPS) is 40.5. The van der Waals surface area contributed by atoms with E-state index in [1.54, 1.807) is 0 Å². The second kappa shape index (κ2) is 4.16. The molecule has 2 aliphatic rings. The summed E-state index contributed by atoms with van der Waals surface area (Å²) in [5.74, 6) is -2.05. The fourth-order valence-corrected chi connectivity index (χ4v) is 2.29. The minimum absolute atomic E-state index is 0.0694. The van der Waals surface area contributed by atoms with Crippen molar-refractivity contribution in [2.45, 2.75) is 43.9 Å². The maximum Gasteiger partial charge on any atom is 0.391 e. The van der Waals surface area contributed by atoms with E-state index in [9.17, 15) is 13.2 Å². The minimum atomic E-state index is -4.10. The number of ether oxygens (including phenoxy) is 3. The van der Waals surface area contributed by atoms with Crippen molar-refractivity contribution in [1.29, 1.82) is 0 Å². The monoisotopic (exact) mass is 240 g/mol. The molecule has 2 fully saturated rings. The molecule has 0 radical (unpaired) electrons. The molecule has 0 aromatic carbocycles. The average Bonchev–Trinajstić information content (AvgIpc) is 2.61. The van der Waals surface area contributed by atoms with Crippen LogP contribution in [0.1, 0.15) is 25.7 Å². The maximum absolute atomic E-state index is 12.5. The minimum Gasteiger partial charge on any atom is -0.353 e. The lowest BCUT2D eigenvalue weighted by molar-refractivity contribution is -0.246. The SMILES string of the molecule is COC1COC2(CCC(C(F)(F)F)CC2)O1. The Hall–Kier alpha value is -0.330. The average molecular weight is 240 g/mol. The summed E-state index contributed by atoms with van der Waals surface area (Å²) in [6.07, 6.45) is -3.82. The first kappa shape index (κ1) is 12.1. The molecule has 1 unspecified atom stereocenters. The van der Waals surface area contributed by atoms with Gasteiger partial charge in [-0.2, -0.15) is 13.2 Å². The van der Waals surface area contributed by atoms with E-state index in [-0.39, 0.29) is 25.7 Å². The van der Waals surface area contributed by atoms with E-state index in [4.69, 9.17) is 14.2 Å². The molecule has 0 aromatic rings. The number of hydrogen-bond donors (Lipinski definition) is 0. The van der Waals surface area contributed by atoms with E-state index in [0.29, 0.717) is 6.61 Å². The molecule has 1 atom stereocenters. The molecule has 0 N–H and O–H groups in total. The maximum atomic E-state index is 12.5. The molecule has 1 aliphatic carbocycles. The van der Waals surface area contributed by atoms with Crippen molar-refractivity contribution in [3.05, 3.63) is 0 Å². The molecular formula is C10H15F3O3. The largest absolute Gasteiger partial charge is 0.391 e. The molecule has 1 aliphatic heterocycles. The van der Waals surface area contributed by atoms with E-state index in [1.165, 1.54) is 7.11 Å². The van der Waals surface area contributed by atoms with Gasteiger partial charge in [0.1, 0.15) is 6.61 Å². The van der Waals surface area contributed by atoms with Crippen LogP contribution in [0.4, 0.5) is 13.2 Å². The van der Waals surface area contributed by atoms with Crippen LogP contribution in [0, 0.1) is 5.92 Å². The van der Waals surface area contributed by atoms with Crippen LogP contribution in [0.3, 0.4) is 0 Å². The van der Waals surface area contributed by atoms with Crippen LogP contribution in [0.5, 0.6) is 0 Å². The highest BCUT2D eigenvalue weighted by Gasteiger charge is 2.50. The Balaban J connectivity index is 1.90. The Morgan fingerprint density at radius 2 is 1.88 bits per heavy atom. The molecule has 0 amide bonds. The molecule has 2 rings (SSSR count). The molecule has 3 nitrogen and oxygen atoms in total. The van der Waals surface area contributed by atoms with Crippen molar-refractivity contribution in [3.8, 4) is 0 Å². The number of methoxy groups -OCH3 is 1. The van der Waals surface area contributed by atoms with Crippen molar-refractivity contribution in [1.82, 2.24) is 0 Å². The molecule has 1 heterocycles. The van der Waals surface area contributed by atoms with Gasteiger partial charge in [-0.1, -0.05) is 0 Å². The van der Waals surface area contributed by atoms with Gasteiger partial charge in [0.05, 0.1) is 5.92 Å². The van der Waals surface area contributed by atoms with E-state index < -0.39 is 24.2 Å². The molecular weight excluding hydrogens is 225 g/mol. The van der Waals surface area contributed by atoms with Crippen LogP contribution in [-0.2, 0) is 14.2 Å². The van der Waals surface area contributed by atoms with Gasteiger partial charge < -0.3 is 14.2 Å². The zero-order chi connectivity index (χ0) is 11.8. The summed E-state index contributed by atoms with van der Waals surface area (Å²) in [5, 5.41) is 0. The summed E-state index contributed by atoms with van der Waals surface area (Å²) < 4.78 is 53.2. The fourth-order valence-electron chi connectivity index (χ4n) is 2.29. The van der Waals surface area contributed by atoms with Crippen LogP contribution >= 0.6 is 0 Å². The van der Waals surface area contributed by atoms with Gasteiger partial charge in [-0.05, 0) is 12.8 Å². The third-order valence-corrected chi connectivity index (χ3v) is 3.30. The highest BCUT2D eigenvalue weighted by molar-refractivity contribution is 4.85. The quantitative estimate of drug-likeness (QED) is 0.704.